The molecular weight excluding hydrogens is 186 g/mol. The van der Waals surface area contributed by atoms with Crippen LogP contribution in [0.1, 0.15) is 25.3 Å². The maximum Gasteiger partial charge on any atom is 0.219 e. The molecule has 0 aliphatic rings. The molecule has 1 aromatic heterocycles. The fraction of sp³-hybridized carbons (Fsp3) is 0.308. The predicted octanol–water partition coefficient (Wildman–Crippen LogP) is 3.64. The van der Waals surface area contributed by atoms with Gasteiger partial charge in [0.1, 0.15) is 5.76 Å². The molecule has 15 heavy (non-hydrogen) atoms. The van der Waals surface area contributed by atoms with Crippen LogP contribution in [0.4, 0.5) is 0 Å². The van der Waals surface area contributed by atoms with Gasteiger partial charge in [0.15, 0.2) is 0 Å². The van der Waals surface area contributed by atoms with Crippen molar-refractivity contribution in [3.63, 3.8) is 0 Å². The van der Waals surface area contributed by atoms with E-state index in [-0.39, 0.29) is 0 Å². The van der Waals surface area contributed by atoms with Crippen LogP contribution in [0.3, 0.4) is 0 Å². The van der Waals surface area contributed by atoms with E-state index in [2.05, 4.69) is 18.5 Å². The van der Waals surface area contributed by atoms with Crippen molar-refractivity contribution >= 4 is 0 Å². The van der Waals surface area contributed by atoms with E-state index in [0.717, 1.165) is 24.2 Å². The Morgan fingerprint density at radius 2 is 2.33 bits per heavy atom. The first-order valence-corrected chi connectivity index (χ1v) is 5.19. The highest BCUT2D eigenvalue weighted by molar-refractivity contribution is 5.21. The lowest BCUT2D eigenvalue weighted by Crippen LogP contribution is -1.94. The number of pyridine rings is 1. The lowest BCUT2D eigenvalue weighted by molar-refractivity contribution is 0.424. The van der Waals surface area contributed by atoms with Crippen molar-refractivity contribution in [2.45, 2.75) is 26.7 Å². The Balaban J connectivity index is 2.66. The molecule has 0 fully saturated rings. The Hall–Kier alpha value is -1.57. The van der Waals surface area contributed by atoms with Crippen LogP contribution in [-0.2, 0) is 0 Å². The van der Waals surface area contributed by atoms with Gasteiger partial charge < -0.3 is 4.74 Å². The smallest absolute Gasteiger partial charge is 0.219 e. The number of unbranched alkanes of at least 4 members (excludes halogenated alkanes) is 1. The van der Waals surface area contributed by atoms with Gasteiger partial charge in [0, 0.05) is 12.3 Å². The summed E-state index contributed by atoms with van der Waals surface area (Å²) in [6, 6.07) is 3.83. The number of aryl methyl sites for hydroxylation is 1. The standard InChI is InChI=1S/C13H17NO/c1-4-6-7-12(5-2)15-13-9-8-11(3)10-14-13/h5,7-10H,2,4,6H2,1,3H3/b12-7+. The van der Waals surface area contributed by atoms with E-state index in [1.165, 1.54) is 0 Å². The van der Waals surface area contributed by atoms with Crippen molar-refractivity contribution in [1.82, 2.24) is 4.98 Å². The zero-order chi connectivity index (χ0) is 11.1. The van der Waals surface area contributed by atoms with Gasteiger partial charge in [-0.1, -0.05) is 26.0 Å². The topological polar surface area (TPSA) is 22.1 Å². The number of hydrogen-bond donors (Lipinski definition) is 0. The first-order chi connectivity index (χ1) is 7.26. The molecule has 0 bridgehead atoms. The molecule has 0 atom stereocenters. The molecule has 0 aliphatic heterocycles. The molecular formula is C13H17NO. The molecule has 0 amide bonds. The molecule has 1 rings (SSSR count). The Labute approximate surface area is 91.3 Å². The van der Waals surface area contributed by atoms with E-state index >= 15 is 0 Å². The van der Waals surface area contributed by atoms with Crippen molar-refractivity contribution in [3.8, 4) is 5.88 Å². The van der Waals surface area contributed by atoms with E-state index < -0.39 is 0 Å². The second-order valence-corrected chi connectivity index (χ2v) is 3.38. The molecule has 0 saturated heterocycles. The average Bonchev–Trinajstić information content (AvgIpc) is 2.27. The summed E-state index contributed by atoms with van der Waals surface area (Å²) in [6.45, 7) is 7.83. The number of aromatic nitrogens is 1. The van der Waals surface area contributed by atoms with Crippen LogP contribution in [0.5, 0.6) is 5.88 Å². The summed E-state index contributed by atoms with van der Waals surface area (Å²) in [5.74, 6) is 1.39. The zero-order valence-electron chi connectivity index (χ0n) is 9.36. The fourth-order valence-corrected chi connectivity index (χ4v) is 1.09. The molecule has 0 N–H and O–H groups in total. The van der Waals surface area contributed by atoms with Crippen LogP contribution in [-0.4, -0.2) is 4.98 Å². The SMILES string of the molecule is C=C/C(=C\CCC)Oc1ccc(C)cn1. The average molecular weight is 203 g/mol. The lowest BCUT2D eigenvalue weighted by Gasteiger charge is -2.05. The van der Waals surface area contributed by atoms with E-state index in [4.69, 9.17) is 4.74 Å². The molecule has 0 saturated carbocycles. The highest BCUT2D eigenvalue weighted by Crippen LogP contribution is 2.12. The lowest BCUT2D eigenvalue weighted by atomic mass is 10.3. The highest BCUT2D eigenvalue weighted by atomic mass is 16.5. The third-order valence-corrected chi connectivity index (χ3v) is 1.94. The second-order valence-electron chi connectivity index (χ2n) is 3.38. The molecule has 0 aliphatic carbocycles. The minimum absolute atomic E-state index is 0.614. The minimum atomic E-state index is 0.614. The van der Waals surface area contributed by atoms with Crippen LogP contribution in [0.25, 0.3) is 0 Å². The van der Waals surface area contributed by atoms with Gasteiger partial charge in [-0.25, -0.2) is 4.98 Å². The number of allylic oxidation sites excluding steroid dienone is 2. The number of rotatable bonds is 5. The molecule has 0 radical (unpaired) electrons. The molecule has 2 nitrogen and oxygen atoms in total. The summed E-state index contributed by atoms with van der Waals surface area (Å²) in [4.78, 5) is 4.16. The van der Waals surface area contributed by atoms with Gasteiger partial charge in [0.25, 0.3) is 0 Å². The molecule has 0 spiro atoms. The van der Waals surface area contributed by atoms with Crippen LogP contribution in [0, 0.1) is 6.92 Å². The number of ether oxygens (including phenoxy) is 1. The van der Waals surface area contributed by atoms with Gasteiger partial charge in [-0.15, -0.1) is 0 Å². The minimum Gasteiger partial charge on any atom is -0.439 e. The second kappa shape index (κ2) is 6.02. The molecule has 80 valence electrons. The third kappa shape index (κ3) is 3.98. The Kier molecular flexibility index (Phi) is 4.61. The number of nitrogens with zero attached hydrogens (tertiary/aromatic N) is 1. The van der Waals surface area contributed by atoms with Crippen LogP contribution < -0.4 is 4.74 Å². The maximum atomic E-state index is 5.55. The quantitative estimate of drug-likeness (QED) is 0.538. The van der Waals surface area contributed by atoms with E-state index in [9.17, 15) is 0 Å². The summed E-state index contributed by atoms with van der Waals surface area (Å²) >= 11 is 0. The van der Waals surface area contributed by atoms with Crippen molar-refractivity contribution < 1.29 is 4.74 Å². The Morgan fingerprint density at radius 1 is 1.53 bits per heavy atom. The summed E-state index contributed by atoms with van der Waals surface area (Å²) < 4.78 is 5.55. The van der Waals surface area contributed by atoms with Gasteiger partial charge >= 0.3 is 0 Å². The highest BCUT2D eigenvalue weighted by Gasteiger charge is 1.97. The predicted molar refractivity (Wildman–Crippen MR) is 62.8 cm³/mol. The summed E-state index contributed by atoms with van der Waals surface area (Å²) in [5, 5.41) is 0. The van der Waals surface area contributed by atoms with Crippen LogP contribution in [0.2, 0.25) is 0 Å². The van der Waals surface area contributed by atoms with Gasteiger partial charge in [-0.3, -0.25) is 0 Å². The van der Waals surface area contributed by atoms with Crippen molar-refractivity contribution in [2.24, 2.45) is 0 Å². The number of hydrogen-bond acceptors (Lipinski definition) is 2. The normalized spacial score (nSPS) is 11.2. The van der Waals surface area contributed by atoms with Gasteiger partial charge in [0.2, 0.25) is 5.88 Å². The largest absolute Gasteiger partial charge is 0.439 e. The Bertz CT molecular complexity index is 338. The molecule has 2 heteroatoms. The maximum absolute atomic E-state index is 5.55. The van der Waals surface area contributed by atoms with E-state index in [0.29, 0.717) is 5.88 Å². The van der Waals surface area contributed by atoms with E-state index in [1.807, 2.05) is 25.1 Å². The molecule has 0 unspecified atom stereocenters. The summed E-state index contributed by atoms with van der Waals surface area (Å²) in [6.07, 6.45) is 7.61. The van der Waals surface area contributed by atoms with Crippen molar-refractivity contribution in [3.05, 3.63) is 48.4 Å². The summed E-state index contributed by atoms with van der Waals surface area (Å²) in [7, 11) is 0. The third-order valence-electron chi connectivity index (χ3n) is 1.94. The van der Waals surface area contributed by atoms with Crippen molar-refractivity contribution in [2.75, 3.05) is 0 Å². The van der Waals surface area contributed by atoms with Gasteiger partial charge in [-0.05, 0) is 31.1 Å². The fourth-order valence-electron chi connectivity index (χ4n) is 1.09. The van der Waals surface area contributed by atoms with Crippen LogP contribution >= 0.6 is 0 Å². The van der Waals surface area contributed by atoms with Crippen molar-refractivity contribution in [1.29, 1.82) is 0 Å². The first kappa shape index (κ1) is 11.5. The van der Waals surface area contributed by atoms with E-state index in [1.54, 1.807) is 12.3 Å². The first-order valence-electron chi connectivity index (χ1n) is 5.19. The summed E-state index contributed by atoms with van der Waals surface area (Å²) in [5.41, 5.74) is 1.13. The molecule has 1 heterocycles. The molecule has 1 aromatic rings. The van der Waals surface area contributed by atoms with Gasteiger partial charge in [0.05, 0.1) is 0 Å². The van der Waals surface area contributed by atoms with Gasteiger partial charge in [-0.2, -0.15) is 0 Å². The zero-order valence-corrected chi connectivity index (χ0v) is 9.36. The molecule has 0 aromatic carbocycles. The Morgan fingerprint density at radius 3 is 2.87 bits per heavy atom. The van der Waals surface area contributed by atoms with Crippen LogP contribution in [0.15, 0.2) is 42.8 Å². The monoisotopic (exact) mass is 203 g/mol.